The number of aromatic nitrogens is 2. The van der Waals surface area contributed by atoms with Gasteiger partial charge in [0.05, 0.1) is 12.1 Å². The van der Waals surface area contributed by atoms with Crippen molar-refractivity contribution >= 4 is 0 Å². The van der Waals surface area contributed by atoms with E-state index in [1.165, 1.54) is 12.1 Å². The Bertz CT molecular complexity index is 599. The van der Waals surface area contributed by atoms with Gasteiger partial charge in [-0.3, -0.25) is 0 Å². The molecule has 0 saturated carbocycles. The van der Waals surface area contributed by atoms with Gasteiger partial charge in [-0.25, -0.2) is 4.39 Å². The van der Waals surface area contributed by atoms with E-state index in [1.807, 2.05) is 0 Å². The average molecular weight is 263 g/mol. The molecule has 0 spiro atoms. The fourth-order valence-corrected chi connectivity index (χ4v) is 2.27. The van der Waals surface area contributed by atoms with Gasteiger partial charge in [0.25, 0.3) is 0 Å². The minimum absolute atomic E-state index is 0.114. The van der Waals surface area contributed by atoms with Crippen LogP contribution >= 0.6 is 0 Å². The molecule has 1 aliphatic rings. The van der Waals surface area contributed by atoms with E-state index in [4.69, 9.17) is 4.52 Å². The molecule has 2 N–H and O–H groups in total. The number of halogens is 1. The number of aliphatic hydroxyl groups excluding tert-OH is 1. The average Bonchev–Trinajstić information content (AvgIpc) is 2.97. The molecule has 19 heavy (non-hydrogen) atoms. The van der Waals surface area contributed by atoms with Crippen LogP contribution in [0.2, 0.25) is 0 Å². The summed E-state index contributed by atoms with van der Waals surface area (Å²) in [6.07, 6.45) is 0.178. The Balaban J connectivity index is 1.88. The molecule has 1 fully saturated rings. The second-order valence-corrected chi connectivity index (χ2v) is 4.77. The van der Waals surface area contributed by atoms with Crippen LogP contribution in [0.1, 0.15) is 23.9 Å². The van der Waals surface area contributed by atoms with Crippen LogP contribution in [0.3, 0.4) is 0 Å². The van der Waals surface area contributed by atoms with Gasteiger partial charge in [0, 0.05) is 12.1 Å². The zero-order valence-corrected chi connectivity index (χ0v) is 10.4. The topological polar surface area (TPSA) is 71.2 Å². The van der Waals surface area contributed by atoms with Crippen LogP contribution in [0.4, 0.5) is 4.39 Å². The summed E-state index contributed by atoms with van der Waals surface area (Å²) in [5.41, 5.74) is 1.50. The van der Waals surface area contributed by atoms with Crippen LogP contribution in [0, 0.1) is 12.7 Å². The van der Waals surface area contributed by atoms with Gasteiger partial charge in [-0.05, 0) is 37.1 Å². The molecule has 5 nitrogen and oxygen atoms in total. The summed E-state index contributed by atoms with van der Waals surface area (Å²) >= 11 is 0. The van der Waals surface area contributed by atoms with Gasteiger partial charge in [0.15, 0.2) is 0 Å². The lowest BCUT2D eigenvalue weighted by molar-refractivity contribution is 0.191. The Morgan fingerprint density at radius 2 is 2.32 bits per heavy atom. The van der Waals surface area contributed by atoms with Crippen molar-refractivity contribution in [2.75, 3.05) is 6.54 Å². The quantitative estimate of drug-likeness (QED) is 0.860. The first kappa shape index (κ1) is 12.3. The molecular formula is C13H14FN3O2. The van der Waals surface area contributed by atoms with Crippen LogP contribution in [-0.4, -0.2) is 27.9 Å². The number of β-amino-alcohol motifs (C(OH)–C–C–N with tert-alkyl or cyclic N) is 1. The van der Waals surface area contributed by atoms with Gasteiger partial charge < -0.3 is 14.9 Å². The molecule has 1 aromatic carbocycles. The highest BCUT2D eigenvalue weighted by molar-refractivity contribution is 5.59. The fraction of sp³-hybridized carbons (Fsp3) is 0.385. The number of hydrogen-bond donors (Lipinski definition) is 2. The van der Waals surface area contributed by atoms with Gasteiger partial charge in [0.1, 0.15) is 5.82 Å². The molecule has 1 aromatic heterocycles. The second-order valence-electron chi connectivity index (χ2n) is 4.77. The smallest absolute Gasteiger partial charge is 0.244 e. The zero-order valence-electron chi connectivity index (χ0n) is 10.4. The largest absolute Gasteiger partial charge is 0.392 e. The molecule has 2 atom stereocenters. The molecule has 0 amide bonds. The van der Waals surface area contributed by atoms with E-state index in [0.29, 0.717) is 24.7 Å². The van der Waals surface area contributed by atoms with E-state index in [0.717, 1.165) is 11.1 Å². The summed E-state index contributed by atoms with van der Waals surface area (Å²) in [7, 11) is 0. The van der Waals surface area contributed by atoms with Crippen LogP contribution in [0.15, 0.2) is 22.7 Å². The fourth-order valence-electron chi connectivity index (χ4n) is 2.27. The number of hydrogen-bond acceptors (Lipinski definition) is 5. The molecule has 2 aromatic rings. The minimum Gasteiger partial charge on any atom is -0.392 e. The molecule has 0 aliphatic carbocycles. The molecule has 1 saturated heterocycles. The molecule has 0 unspecified atom stereocenters. The van der Waals surface area contributed by atoms with Crippen molar-refractivity contribution in [2.45, 2.75) is 25.5 Å². The summed E-state index contributed by atoms with van der Waals surface area (Å²) in [5.74, 6) is 0.608. The molecule has 0 radical (unpaired) electrons. The zero-order chi connectivity index (χ0) is 13.4. The predicted molar refractivity (Wildman–Crippen MR) is 65.8 cm³/mol. The number of aliphatic hydroxyl groups is 1. The molecule has 3 rings (SSSR count). The highest BCUT2D eigenvalue weighted by Crippen LogP contribution is 2.26. The first-order valence-electron chi connectivity index (χ1n) is 6.15. The molecule has 0 bridgehead atoms. The van der Waals surface area contributed by atoms with Crippen LogP contribution in [-0.2, 0) is 0 Å². The molecule has 1 aliphatic heterocycles. The number of rotatable bonds is 2. The van der Waals surface area contributed by atoms with Gasteiger partial charge >= 0.3 is 0 Å². The summed E-state index contributed by atoms with van der Waals surface area (Å²) < 4.78 is 18.3. The predicted octanol–water partition coefficient (Wildman–Crippen LogP) is 1.58. The maximum Gasteiger partial charge on any atom is 0.244 e. The standard InChI is InChI=1S/C13H14FN3O2/c1-7-4-8(14)2-3-10(7)12-16-13(19-17-12)11-5-9(18)6-15-11/h2-4,9,11,15,18H,5-6H2,1H3/t9-,11+/m1/s1. The SMILES string of the molecule is Cc1cc(F)ccc1-c1noc([C@@H]2C[C@@H](O)CN2)n1. The van der Waals surface area contributed by atoms with Crippen LogP contribution in [0.5, 0.6) is 0 Å². The van der Waals surface area contributed by atoms with Crippen molar-refractivity contribution in [3.8, 4) is 11.4 Å². The van der Waals surface area contributed by atoms with E-state index in [9.17, 15) is 9.50 Å². The maximum absolute atomic E-state index is 13.1. The third-order valence-electron chi connectivity index (χ3n) is 3.28. The van der Waals surface area contributed by atoms with Crippen molar-refractivity contribution in [3.05, 3.63) is 35.5 Å². The summed E-state index contributed by atoms with van der Waals surface area (Å²) in [5, 5.41) is 16.5. The van der Waals surface area contributed by atoms with Crippen LogP contribution in [0.25, 0.3) is 11.4 Å². The van der Waals surface area contributed by atoms with Crippen LogP contribution < -0.4 is 5.32 Å². The van der Waals surface area contributed by atoms with Gasteiger partial charge in [-0.1, -0.05) is 5.16 Å². The number of aryl methyl sites for hydroxylation is 1. The lowest BCUT2D eigenvalue weighted by atomic mass is 10.1. The Morgan fingerprint density at radius 3 is 3.00 bits per heavy atom. The van der Waals surface area contributed by atoms with Crippen molar-refractivity contribution in [2.24, 2.45) is 0 Å². The van der Waals surface area contributed by atoms with E-state index >= 15 is 0 Å². The summed E-state index contributed by atoms with van der Waals surface area (Å²) in [4.78, 5) is 4.31. The van der Waals surface area contributed by atoms with Crippen molar-refractivity contribution in [3.63, 3.8) is 0 Å². The van der Waals surface area contributed by atoms with Crippen molar-refractivity contribution < 1.29 is 14.0 Å². The highest BCUT2D eigenvalue weighted by Gasteiger charge is 2.28. The Hall–Kier alpha value is -1.79. The van der Waals surface area contributed by atoms with E-state index in [-0.39, 0.29) is 18.0 Å². The summed E-state index contributed by atoms with van der Waals surface area (Å²) in [6.45, 7) is 2.32. The van der Waals surface area contributed by atoms with E-state index in [2.05, 4.69) is 15.5 Å². The number of nitrogens with zero attached hydrogens (tertiary/aromatic N) is 2. The highest BCUT2D eigenvalue weighted by atomic mass is 19.1. The second kappa shape index (κ2) is 4.71. The molecule has 6 heteroatoms. The third-order valence-corrected chi connectivity index (χ3v) is 3.28. The lowest BCUT2D eigenvalue weighted by Gasteiger charge is -2.02. The van der Waals surface area contributed by atoms with E-state index in [1.54, 1.807) is 13.0 Å². The van der Waals surface area contributed by atoms with Gasteiger partial charge in [0.2, 0.25) is 11.7 Å². The lowest BCUT2D eigenvalue weighted by Crippen LogP contribution is -2.15. The van der Waals surface area contributed by atoms with Gasteiger partial charge in [-0.2, -0.15) is 4.98 Å². The molecular weight excluding hydrogens is 249 g/mol. The number of benzene rings is 1. The summed E-state index contributed by atoms with van der Waals surface area (Å²) in [6, 6.07) is 4.33. The van der Waals surface area contributed by atoms with Crippen molar-refractivity contribution in [1.29, 1.82) is 0 Å². The normalized spacial score (nSPS) is 22.9. The molecule has 2 heterocycles. The minimum atomic E-state index is -0.382. The van der Waals surface area contributed by atoms with E-state index < -0.39 is 0 Å². The van der Waals surface area contributed by atoms with Crippen molar-refractivity contribution in [1.82, 2.24) is 15.5 Å². The number of nitrogens with one attached hydrogen (secondary N) is 1. The Labute approximate surface area is 109 Å². The third kappa shape index (κ3) is 2.36. The Kier molecular flexibility index (Phi) is 3.04. The Morgan fingerprint density at radius 1 is 1.47 bits per heavy atom. The maximum atomic E-state index is 13.1. The molecule has 100 valence electrons. The first-order valence-corrected chi connectivity index (χ1v) is 6.15. The first-order chi connectivity index (χ1) is 9.13. The monoisotopic (exact) mass is 263 g/mol. The van der Waals surface area contributed by atoms with Gasteiger partial charge in [-0.15, -0.1) is 0 Å².